The first-order chi connectivity index (χ1) is 20.7. The minimum Gasteiger partial charge on any atom is -0.375 e. The fraction of sp³-hybridized carbons (Fsp3) is 0.576. The summed E-state index contributed by atoms with van der Waals surface area (Å²) in [4.78, 5) is 13.5. The summed E-state index contributed by atoms with van der Waals surface area (Å²) in [5, 5.41) is 7.09. The van der Waals surface area contributed by atoms with Crippen LogP contribution in [0.25, 0.3) is 0 Å². The molecular weight excluding hydrogens is 589 g/mol. The summed E-state index contributed by atoms with van der Waals surface area (Å²) in [5.74, 6) is -0.341. The van der Waals surface area contributed by atoms with Gasteiger partial charge in [0.1, 0.15) is 5.82 Å². The van der Waals surface area contributed by atoms with Crippen LogP contribution in [-0.2, 0) is 26.0 Å². The zero-order chi connectivity index (χ0) is 30.0. The zero-order valence-electron chi connectivity index (χ0n) is 24.5. The summed E-state index contributed by atoms with van der Waals surface area (Å²) in [7, 11) is -3.34. The van der Waals surface area contributed by atoms with Crippen molar-refractivity contribution in [2.75, 3.05) is 24.2 Å². The summed E-state index contributed by atoms with van der Waals surface area (Å²) in [6.45, 7) is 1.01. The number of hydrogen-bond acceptors (Lipinski definition) is 5. The van der Waals surface area contributed by atoms with Gasteiger partial charge in [0.2, 0.25) is 15.9 Å². The van der Waals surface area contributed by atoms with E-state index in [0.29, 0.717) is 60.8 Å². The summed E-state index contributed by atoms with van der Waals surface area (Å²) in [6, 6.07) is 12.3. The molecule has 0 spiro atoms. The molecule has 2 aromatic rings. The van der Waals surface area contributed by atoms with Crippen LogP contribution in [0, 0.1) is 18.2 Å². The normalized spacial score (nSPS) is 29.4. The predicted molar refractivity (Wildman–Crippen MR) is 167 cm³/mol. The Kier molecular flexibility index (Phi) is 9.74. The van der Waals surface area contributed by atoms with Gasteiger partial charge < -0.3 is 15.4 Å². The molecule has 2 aliphatic carbocycles. The van der Waals surface area contributed by atoms with Crippen molar-refractivity contribution in [3.63, 3.8) is 0 Å². The standard InChI is InChI=1S/C33H42ClFN3O4S/c34-24-10-6-22(7-11-24)30(23-8-13-27(14-9-23)42-28-15-16-28)19-33(39)37-32-5-1-4-31(35)29(32)17-12-26-20-36-25-3-2-18-43(40,41)38(26)21-25/h1,4-7,10-11,19,23,25-28,30,36H,2-3,8-9,12-18,20-21H2,(H,37,39)/t23?,25-,26+,27?,30+/m1/s1. The molecule has 1 radical (unpaired) electrons. The maximum Gasteiger partial charge on any atom is 0.228 e. The van der Waals surface area contributed by atoms with E-state index in [9.17, 15) is 13.2 Å². The number of nitrogens with zero attached hydrogens (tertiary/aromatic N) is 1. The number of carbonyl (C=O) groups excluding carboxylic acids is 1. The Hall–Kier alpha value is -2.04. The average Bonchev–Trinajstić information content (AvgIpc) is 3.82. The van der Waals surface area contributed by atoms with Gasteiger partial charge in [-0.05, 0) is 106 Å². The molecule has 0 aromatic heterocycles. The van der Waals surface area contributed by atoms with E-state index in [2.05, 4.69) is 10.6 Å². The molecule has 2 aromatic carbocycles. The number of benzene rings is 2. The molecule has 4 fully saturated rings. The molecule has 2 aliphatic heterocycles. The lowest BCUT2D eigenvalue weighted by atomic mass is 9.74. The Morgan fingerprint density at radius 1 is 1.07 bits per heavy atom. The van der Waals surface area contributed by atoms with Crippen LogP contribution in [0.3, 0.4) is 0 Å². The van der Waals surface area contributed by atoms with Gasteiger partial charge in [-0.15, -0.1) is 0 Å². The van der Waals surface area contributed by atoms with Gasteiger partial charge in [0.15, 0.2) is 0 Å². The van der Waals surface area contributed by atoms with Crippen LogP contribution in [-0.4, -0.2) is 61.8 Å². The quantitative estimate of drug-likeness (QED) is 0.344. The number of ether oxygens (including phenoxy) is 1. The van der Waals surface area contributed by atoms with Crippen molar-refractivity contribution in [3.05, 3.63) is 70.9 Å². The number of sulfonamides is 1. The Morgan fingerprint density at radius 3 is 2.51 bits per heavy atom. The van der Waals surface area contributed by atoms with Crippen molar-refractivity contribution < 1.29 is 22.3 Å². The van der Waals surface area contributed by atoms with E-state index < -0.39 is 15.8 Å². The van der Waals surface area contributed by atoms with Crippen molar-refractivity contribution in [2.45, 2.75) is 94.4 Å². The van der Waals surface area contributed by atoms with E-state index in [1.54, 1.807) is 22.9 Å². The maximum atomic E-state index is 15.2. The number of halogens is 2. The van der Waals surface area contributed by atoms with Gasteiger partial charge in [-0.25, -0.2) is 12.8 Å². The fourth-order valence-electron chi connectivity index (χ4n) is 7.07. The van der Waals surface area contributed by atoms with Crippen LogP contribution in [0.5, 0.6) is 0 Å². The van der Waals surface area contributed by atoms with Gasteiger partial charge in [-0.1, -0.05) is 29.8 Å². The first-order valence-electron chi connectivity index (χ1n) is 15.8. The summed E-state index contributed by atoms with van der Waals surface area (Å²) in [6.07, 6.45) is 11.0. The van der Waals surface area contributed by atoms with Crippen LogP contribution in [0.2, 0.25) is 5.02 Å². The lowest BCUT2D eigenvalue weighted by molar-refractivity contribution is -0.113. The molecule has 1 unspecified atom stereocenters. The fourth-order valence-corrected chi connectivity index (χ4v) is 9.01. The highest BCUT2D eigenvalue weighted by Crippen LogP contribution is 2.41. The molecule has 10 heteroatoms. The lowest BCUT2D eigenvalue weighted by Gasteiger charge is -2.37. The predicted octanol–water partition coefficient (Wildman–Crippen LogP) is 5.84. The number of amides is 1. The number of fused-ring (bicyclic) bond motifs is 2. The van der Waals surface area contributed by atoms with E-state index >= 15 is 4.39 Å². The number of piperazine rings is 1. The minimum absolute atomic E-state index is 0.106. The SMILES string of the molecule is O=C([CH][C@@H](c1ccc(Cl)cc1)C1CCC(OC2CC2)CC1)Nc1cccc(F)c1CC[C@H]1CN[C@@H]2CCCS(=O)(=O)N1C2. The maximum absolute atomic E-state index is 15.2. The van der Waals surface area contributed by atoms with Gasteiger partial charge in [0.25, 0.3) is 0 Å². The Morgan fingerprint density at radius 2 is 1.79 bits per heavy atom. The summed E-state index contributed by atoms with van der Waals surface area (Å²) >= 11 is 6.18. The molecule has 233 valence electrons. The molecule has 2 saturated carbocycles. The van der Waals surface area contributed by atoms with E-state index in [4.69, 9.17) is 16.3 Å². The molecule has 2 N–H and O–H groups in total. The molecule has 2 saturated heterocycles. The van der Waals surface area contributed by atoms with Crippen LogP contribution in [0.1, 0.15) is 74.8 Å². The van der Waals surface area contributed by atoms with Gasteiger partial charge in [0, 0.05) is 41.4 Å². The topological polar surface area (TPSA) is 87.7 Å². The molecular formula is C33H42ClFN3O4S. The van der Waals surface area contributed by atoms with E-state index in [-0.39, 0.29) is 35.6 Å². The van der Waals surface area contributed by atoms with Crippen LogP contribution < -0.4 is 10.6 Å². The third-order valence-corrected chi connectivity index (χ3v) is 11.8. The van der Waals surface area contributed by atoms with Gasteiger partial charge in [-0.3, -0.25) is 4.79 Å². The molecule has 4 atom stereocenters. The second kappa shape index (κ2) is 13.5. The van der Waals surface area contributed by atoms with Gasteiger partial charge in [0.05, 0.1) is 24.4 Å². The minimum atomic E-state index is -3.34. The number of nitrogens with one attached hydrogen (secondary N) is 2. The number of carbonyl (C=O) groups is 1. The highest BCUT2D eigenvalue weighted by atomic mass is 35.5. The monoisotopic (exact) mass is 630 g/mol. The molecule has 7 nitrogen and oxygen atoms in total. The van der Waals surface area contributed by atoms with Crippen molar-refractivity contribution in [1.29, 1.82) is 0 Å². The molecule has 43 heavy (non-hydrogen) atoms. The van der Waals surface area contributed by atoms with Crippen LogP contribution in [0.4, 0.5) is 10.1 Å². The number of rotatable bonds is 10. The van der Waals surface area contributed by atoms with Gasteiger partial charge >= 0.3 is 0 Å². The average molecular weight is 631 g/mol. The first-order valence-corrected chi connectivity index (χ1v) is 17.8. The van der Waals surface area contributed by atoms with Crippen molar-refractivity contribution in [2.24, 2.45) is 5.92 Å². The molecule has 2 bridgehead atoms. The Balaban J connectivity index is 1.13. The van der Waals surface area contributed by atoms with Crippen molar-refractivity contribution in [3.8, 4) is 0 Å². The number of hydrogen-bond donors (Lipinski definition) is 2. The van der Waals surface area contributed by atoms with E-state index in [1.165, 1.54) is 18.9 Å². The first kappa shape index (κ1) is 31.0. The second-order valence-corrected chi connectivity index (χ2v) is 15.2. The third kappa shape index (κ3) is 7.79. The lowest BCUT2D eigenvalue weighted by Crippen LogP contribution is -2.57. The zero-order valence-corrected chi connectivity index (χ0v) is 26.1. The third-order valence-electron chi connectivity index (χ3n) is 9.59. The Labute approximate surface area is 259 Å². The summed E-state index contributed by atoms with van der Waals surface area (Å²) in [5.41, 5.74) is 1.87. The number of anilines is 1. The largest absolute Gasteiger partial charge is 0.375 e. The highest BCUT2D eigenvalue weighted by Gasteiger charge is 2.38. The smallest absolute Gasteiger partial charge is 0.228 e. The van der Waals surface area contributed by atoms with Crippen molar-refractivity contribution >= 4 is 33.2 Å². The highest BCUT2D eigenvalue weighted by molar-refractivity contribution is 7.89. The second-order valence-electron chi connectivity index (χ2n) is 12.7. The van der Waals surface area contributed by atoms with Crippen LogP contribution in [0.15, 0.2) is 42.5 Å². The molecule has 2 heterocycles. The molecule has 4 aliphatic rings. The van der Waals surface area contributed by atoms with E-state index in [0.717, 1.165) is 37.7 Å². The Bertz CT molecular complexity index is 1380. The van der Waals surface area contributed by atoms with Crippen LogP contribution >= 0.6 is 11.6 Å². The van der Waals surface area contributed by atoms with E-state index in [1.807, 2.05) is 24.3 Å². The van der Waals surface area contributed by atoms with Crippen molar-refractivity contribution in [1.82, 2.24) is 9.62 Å². The van der Waals surface area contributed by atoms with Gasteiger partial charge in [-0.2, -0.15) is 4.31 Å². The molecule has 1 amide bonds. The summed E-state index contributed by atoms with van der Waals surface area (Å²) < 4.78 is 48.8. The molecule has 6 rings (SSSR count).